The topological polar surface area (TPSA) is 65.2 Å². The predicted octanol–water partition coefficient (Wildman–Crippen LogP) is 4.25. The number of hydrogen-bond acceptors (Lipinski definition) is 4. The molecule has 2 aromatic carbocycles. The molecule has 0 radical (unpaired) electrons. The van der Waals surface area contributed by atoms with Gasteiger partial charge in [0.2, 0.25) is 0 Å². The third-order valence-corrected chi connectivity index (χ3v) is 4.58. The second-order valence-electron chi connectivity index (χ2n) is 4.80. The van der Waals surface area contributed by atoms with E-state index in [0.29, 0.717) is 11.3 Å². The Balaban J connectivity index is 1.74. The summed E-state index contributed by atoms with van der Waals surface area (Å²) in [6.07, 6.45) is 0. The number of carbonyl (C=O) groups excluding carboxylic acids is 1. The molecule has 116 valence electrons. The highest BCUT2D eigenvalue weighted by Crippen LogP contribution is 2.27. The highest BCUT2D eigenvalue weighted by Gasteiger charge is 2.10. The van der Waals surface area contributed by atoms with E-state index in [4.69, 9.17) is 10.5 Å². The molecule has 0 aliphatic carbocycles. The molecule has 3 aromatic rings. The van der Waals surface area contributed by atoms with Gasteiger partial charge in [0.25, 0.3) is 5.91 Å². The summed E-state index contributed by atoms with van der Waals surface area (Å²) >= 11 is 5.01. The number of primary amides is 1. The zero-order valence-corrected chi connectivity index (χ0v) is 14.4. The predicted molar refractivity (Wildman–Crippen MR) is 94.5 cm³/mol. The Kier molecular flexibility index (Phi) is 4.73. The van der Waals surface area contributed by atoms with Gasteiger partial charge in [-0.2, -0.15) is 0 Å². The molecule has 1 heterocycles. The molecule has 0 spiro atoms. The Morgan fingerprint density at radius 2 is 2.04 bits per heavy atom. The molecule has 0 unspecified atom stereocenters. The van der Waals surface area contributed by atoms with Gasteiger partial charge < -0.3 is 10.5 Å². The van der Waals surface area contributed by atoms with Crippen molar-refractivity contribution in [2.75, 3.05) is 0 Å². The zero-order valence-electron chi connectivity index (χ0n) is 12.0. The molecule has 0 saturated carbocycles. The van der Waals surface area contributed by atoms with Crippen LogP contribution in [-0.4, -0.2) is 10.9 Å². The summed E-state index contributed by atoms with van der Waals surface area (Å²) in [5, 5.41) is 2.87. The van der Waals surface area contributed by atoms with Gasteiger partial charge in [-0.05, 0) is 24.3 Å². The zero-order chi connectivity index (χ0) is 16.2. The number of halogens is 1. The largest absolute Gasteiger partial charge is 0.486 e. The Labute approximate surface area is 146 Å². The molecule has 0 aliphatic rings. The smallest absolute Gasteiger partial charge is 0.252 e. The third kappa shape index (κ3) is 3.78. The van der Waals surface area contributed by atoms with Crippen LogP contribution in [0.15, 0.2) is 58.4 Å². The molecule has 0 saturated heterocycles. The van der Waals surface area contributed by atoms with Crippen LogP contribution in [0.5, 0.6) is 5.75 Å². The first-order valence-corrected chi connectivity index (χ1v) is 8.53. The second kappa shape index (κ2) is 6.93. The summed E-state index contributed by atoms with van der Waals surface area (Å²) < 4.78 is 6.70. The number of amides is 1. The molecule has 0 fully saturated rings. The van der Waals surface area contributed by atoms with Crippen molar-refractivity contribution in [1.82, 2.24) is 4.98 Å². The average molecular weight is 389 g/mol. The summed E-state index contributed by atoms with van der Waals surface area (Å²) in [5.74, 6) is -0.0364. The third-order valence-electron chi connectivity index (χ3n) is 3.15. The molecule has 6 heteroatoms. The van der Waals surface area contributed by atoms with Gasteiger partial charge in [0.15, 0.2) is 0 Å². The van der Waals surface area contributed by atoms with Gasteiger partial charge in [0, 0.05) is 15.4 Å². The quantitative estimate of drug-likeness (QED) is 0.710. The van der Waals surface area contributed by atoms with Crippen LogP contribution >= 0.6 is 27.3 Å². The fraction of sp³-hybridized carbons (Fsp3) is 0.0588. The van der Waals surface area contributed by atoms with Crippen LogP contribution in [0.1, 0.15) is 16.1 Å². The monoisotopic (exact) mass is 388 g/mol. The summed E-state index contributed by atoms with van der Waals surface area (Å²) in [4.78, 5) is 15.9. The summed E-state index contributed by atoms with van der Waals surface area (Å²) in [5.41, 5.74) is 7.57. The maximum Gasteiger partial charge on any atom is 0.252 e. The number of benzene rings is 2. The molecule has 4 nitrogen and oxygen atoms in total. The number of aromatic nitrogens is 1. The minimum atomic E-state index is -0.506. The highest BCUT2D eigenvalue weighted by molar-refractivity contribution is 9.10. The standard InChI is InChI=1S/C17H13BrN2O2S/c18-12-5-3-4-11(8-12)17-20-13(10-23-17)9-22-15-7-2-1-6-14(15)16(19)21/h1-8,10H,9H2,(H2,19,21). The number of nitrogens with zero attached hydrogens (tertiary/aromatic N) is 1. The lowest BCUT2D eigenvalue weighted by atomic mass is 10.2. The lowest BCUT2D eigenvalue weighted by Crippen LogP contribution is -2.12. The van der Waals surface area contributed by atoms with E-state index in [9.17, 15) is 4.79 Å². The van der Waals surface area contributed by atoms with Crippen LogP contribution in [0.3, 0.4) is 0 Å². The molecule has 2 N–H and O–H groups in total. The summed E-state index contributed by atoms with van der Waals surface area (Å²) in [6, 6.07) is 14.9. The van der Waals surface area contributed by atoms with Crippen LogP contribution in [-0.2, 0) is 6.61 Å². The lowest BCUT2D eigenvalue weighted by molar-refractivity contribution is 0.0996. The van der Waals surface area contributed by atoms with E-state index >= 15 is 0 Å². The van der Waals surface area contributed by atoms with Crippen LogP contribution < -0.4 is 10.5 Å². The number of rotatable bonds is 5. The Hall–Kier alpha value is -2.18. The second-order valence-corrected chi connectivity index (χ2v) is 6.58. The Bertz CT molecular complexity index is 848. The average Bonchev–Trinajstić information content (AvgIpc) is 3.02. The molecule has 23 heavy (non-hydrogen) atoms. The Morgan fingerprint density at radius 3 is 2.83 bits per heavy atom. The van der Waals surface area contributed by atoms with Crippen LogP contribution in [0.4, 0.5) is 0 Å². The van der Waals surface area contributed by atoms with Crippen molar-refractivity contribution < 1.29 is 9.53 Å². The van der Waals surface area contributed by atoms with Gasteiger partial charge >= 0.3 is 0 Å². The van der Waals surface area contributed by atoms with E-state index in [-0.39, 0.29) is 6.61 Å². The van der Waals surface area contributed by atoms with Crippen molar-refractivity contribution in [3.63, 3.8) is 0 Å². The maximum atomic E-state index is 11.4. The van der Waals surface area contributed by atoms with Gasteiger partial charge in [-0.15, -0.1) is 11.3 Å². The fourth-order valence-corrected chi connectivity index (χ4v) is 3.28. The van der Waals surface area contributed by atoms with Crippen molar-refractivity contribution in [2.45, 2.75) is 6.61 Å². The molecule has 0 bridgehead atoms. The van der Waals surface area contributed by atoms with Gasteiger partial charge in [0.1, 0.15) is 17.4 Å². The first-order valence-electron chi connectivity index (χ1n) is 6.85. The maximum absolute atomic E-state index is 11.4. The number of thiazole rings is 1. The van der Waals surface area contributed by atoms with Crippen molar-refractivity contribution in [1.29, 1.82) is 0 Å². The molecule has 3 rings (SSSR count). The number of nitrogens with two attached hydrogens (primary N) is 1. The molecular weight excluding hydrogens is 376 g/mol. The van der Waals surface area contributed by atoms with Gasteiger partial charge in [-0.1, -0.05) is 40.2 Å². The molecule has 1 amide bonds. The van der Waals surface area contributed by atoms with Crippen molar-refractivity contribution >= 4 is 33.2 Å². The van der Waals surface area contributed by atoms with Crippen molar-refractivity contribution in [3.05, 3.63) is 69.6 Å². The molecule has 0 aliphatic heterocycles. The van der Waals surface area contributed by atoms with Gasteiger partial charge in [-0.25, -0.2) is 4.98 Å². The minimum absolute atomic E-state index is 0.287. The number of hydrogen-bond donors (Lipinski definition) is 1. The summed E-state index contributed by atoms with van der Waals surface area (Å²) in [7, 11) is 0. The van der Waals surface area contributed by atoms with E-state index < -0.39 is 5.91 Å². The van der Waals surface area contributed by atoms with E-state index in [1.165, 1.54) is 0 Å². The van der Waals surface area contributed by atoms with E-state index in [0.717, 1.165) is 20.7 Å². The molecule has 1 aromatic heterocycles. The van der Waals surface area contributed by atoms with Gasteiger partial charge in [0.05, 0.1) is 11.3 Å². The number of para-hydroxylation sites is 1. The minimum Gasteiger partial charge on any atom is -0.486 e. The Morgan fingerprint density at radius 1 is 1.22 bits per heavy atom. The normalized spacial score (nSPS) is 10.5. The van der Waals surface area contributed by atoms with Crippen LogP contribution in [0.2, 0.25) is 0 Å². The first kappa shape index (κ1) is 15.7. The van der Waals surface area contributed by atoms with E-state index in [2.05, 4.69) is 20.9 Å². The van der Waals surface area contributed by atoms with Crippen molar-refractivity contribution in [2.24, 2.45) is 5.73 Å². The van der Waals surface area contributed by atoms with Crippen molar-refractivity contribution in [3.8, 4) is 16.3 Å². The van der Waals surface area contributed by atoms with Crippen LogP contribution in [0.25, 0.3) is 10.6 Å². The SMILES string of the molecule is NC(=O)c1ccccc1OCc1csc(-c2cccc(Br)c2)n1. The van der Waals surface area contributed by atoms with Crippen LogP contribution in [0, 0.1) is 0 Å². The number of carbonyl (C=O) groups is 1. The number of ether oxygens (including phenoxy) is 1. The molecule has 0 atom stereocenters. The molecular formula is C17H13BrN2O2S. The van der Waals surface area contributed by atoms with E-state index in [1.54, 1.807) is 35.6 Å². The fourth-order valence-electron chi connectivity index (χ4n) is 2.08. The van der Waals surface area contributed by atoms with E-state index in [1.807, 2.05) is 29.6 Å². The van der Waals surface area contributed by atoms with Gasteiger partial charge in [-0.3, -0.25) is 4.79 Å². The highest BCUT2D eigenvalue weighted by atomic mass is 79.9. The summed E-state index contributed by atoms with van der Waals surface area (Å²) in [6.45, 7) is 0.287. The first-order chi connectivity index (χ1) is 11.1. The lowest BCUT2D eigenvalue weighted by Gasteiger charge is -2.07.